The molecule has 7 heteroatoms. The van der Waals surface area contributed by atoms with Crippen LogP contribution in [0, 0.1) is 0 Å². The Morgan fingerprint density at radius 2 is 1.66 bits per heavy atom. The van der Waals surface area contributed by atoms with Crippen molar-refractivity contribution in [1.82, 2.24) is 10.2 Å². The molecule has 1 N–H and O–H groups in total. The van der Waals surface area contributed by atoms with Gasteiger partial charge in [0.15, 0.2) is 0 Å². The molecule has 1 aliphatic rings. The Balaban J connectivity index is 1.73. The van der Waals surface area contributed by atoms with Crippen molar-refractivity contribution < 1.29 is 23.9 Å². The van der Waals surface area contributed by atoms with Crippen LogP contribution in [0.1, 0.15) is 50.8 Å². The Labute approximate surface area is 188 Å². The third kappa shape index (κ3) is 6.33. The molecular weight excluding hydrogens is 408 g/mol. The fourth-order valence-corrected chi connectivity index (χ4v) is 3.62. The van der Waals surface area contributed by atoms with Gasteiger partial charge in [0.1, 0.15) is 24.3 Å². The zero-order chi connectivity index (χ0) is 23.1. The van der Waals surface area contributed by atoms with Crippen LogP contribution in [0.4, 0.5) is 4.79 Å². The number of nitrogens with zero attached hydrogens (tertiary/aromatic N) is 1. The number of alkyl carbamates (subject to hydrolysis) is 1. The molecule has 0 bridgehead atoms. The lowest BCUT2D eigenvalue weighted by Gasteiger charge is -2.29. The van der Waals surface area contributed by atoms with E-state index in [4.69, 9.17) is 9.47 Å². The van der Waals surface area contributed by atoms with Gasteiger partial charge in [0.05, 0.1) is 0 Å². The maximum Gasteiger partial charge on any atom is 0.408 e. The van der Waals surface area contributed by atoms with Crippen LogP contribution in [-0.4, -0.2) is 41.1 Å². The normalized spacial score (nSPS) is 16.8. The number of carbonyl (C=O) groups excluding carboxylic acids is 3. The van der Waals surface area contributed by atoms with Crippen molar-refractivity contribution in [2.75, 3.05) is 6.54 Å². The standard InChI is InChI=1S/C25H30N2O5/c1-25(2,3)32-24(30)26-21(19-13-8-5-9-14-19)22(28)27-16-10-15-20(27)23(29)31-17-18-11-6-4-7-12-18/h4-9,11-14,20-21H,10,15-17H2,1-3H3,(H,26,30). The van der Waals surface area contributed by atoms with Gasteiger partial charge in [-0.1, -0.05) is 60.7 Å². The number of carbonyl (C=O) groups is 3. The highest BCUT2D eigenvalue weighted by atomic mass is 16.6. The lowest BCUT2D eigenvalue weighted by Crippen LogP contribution is -2.48. The second kappa shape index (κ2) is 10.3. The topological polar surface area (TPSA) is 84.9 Å². The van der Waals surface area contributed by atoms with Gasteiger partial charge in [-0.3, -0.25) is 4.79 Å². The number of hydrogen-bond donors (Lipinski definition) is 1. The van der Waals surface area contributed by atoms with E-state index in [0.29, 0.717) is 24.9 Å². The first-order chi connectivity index (χ1) is 15.2. The molecule has 0 saturated carbocycles. The summed E-state index contributed by atoms with van der Waals surface area (Å²) < 4.78 is 10.8. The van der Waals surface area contributed by atoms with E-state index in [1.807, 2.05) is 36.4 Å². The number of esters is 1. The molecule has 0 aromatic heterocycles. The van der Waals surface area contributed by atoms with E-state index < -0.39 is 29.7 Å². The summed E-state index contributed by atoms with van der Waals surface area (Å²) in [6, 6.07) is 16.7. The maximum absolute atomic E-state index is 13.5. The van der Waals surface area contributed by atoms with E-state index in [9.17, 15) is 14.4 Å². The number of hydrogen-bond acceptors (Lipinski definition) is 5. The fraction of sp³-hybridized carbons (Fsp3) is 0.400. The largest absolute Gasteiger partial charge is 0.459 e. The van der Waals surface area contributed by atoms with Gasteiger partial charge in [-0.05, 0) is 44.7 Å². The molecular formula is C25H30N2O5. The molecule has 3 rings (SSSR count). The maximum atomic E-state index is 13.5. The minimum Gasteiger partial charge on any atom is -0.459 e. The van der Waals surface area contributed by atoms with Crippen molar-refractivity contribution in [2.45, 2.75) is 57.9 Å². The van der Waals surface area contributed by atoms with Crippen LogP contribution >= 0.6 is 0 Å². The number of nitrogens with one attached hydrogen (secondary N) is 1. The smallest absolute Gasteiger partial charge is 0.408 e. The Bertz CT molecular complexity index is 924. The average molecular weight is 439 g/mol. The molecule has 2 aromatic rings. The number of benzene rings is 2. The summed E-state index contributed by atoms with van der Waals surface area (Å²) in [6.07, 6.45) is 0.514. The Morgan fingerprint density at radius 1 is 1.03 bits per heavy atom. The van der Waals surface area contributed by atoms with Gasteiger partial charge >= 0.3 is 12.1 Å². The minimum atomic E-state index is -0.964. The molecule has 7 nitrogen and oxygen atoms in total. The third-order valence-corrected chi connectivity index (χ3v) is 5.07. The van der Waals surface area contributed by atoms with Gasteiger partial charge in [-0.2, -0.15) is 0 Å². The number of likely N-dealkylation sites (tertiary alicyclic amines) is 1. The van der Waals surface area contributed by atoms with E-state index in [1.165, 1.54) is 4.90 Å². The summed E-state index contributed by atoms with van der Waals surface area (Å²) in [5.41, 5.74) is 0.795. The summed E-state index contributed by atoms with van der Waals surface area (Å²) in [7, 11) is 0. The van der Waals surface area contributed by atoms with Crippen LogP contribution in [0.25, 0.3) is 0 Å². The summed E-state index contributed by atoms with van der Waals surface area (Å²) in [5, 5.41) is 2.68. The van der Waals surface area contributed by atoms with Gasteiger partial charge in [-0.25, -0.2) is 9.59 Å². The minimum absolute atomic E-state index is 0.149. The molecule has 0 aliphatic carbocycles. The Morgan fingerprint density at radius 3 is 2.28 bits per heavy atom. The molecule has 1 aliphatic heterocycles. The van der Waals surface area contributed by atoms with Gasteiger partial charge < -0.3 is 19.7 Å². The lowest BCUT2D eigenvalue weighted by molar-refractivity contribution is -0.155. The van der Waals surface area contributed by atoms with E-state index in [0.717, 1.165) is 5.56 Å². The van der Waals surface area contributed by atoms with Crippen LogP contribution in [0.15, 0.2) is 60.7 Å². The van der Waals surface area contributed by atoms with Crippen molar-refractivity contribution in [2.24, 2.45) is 0 Å². The number of rotatable bonds is 6. The highest BCUT2D eigenvalue weighted by Crippen LogP contribution is 2.25. The molecule has 2 amide bonds. The van der Waals surface area contributed by atoms with Gasteiger partial charge in [0, 0.05) is 6.54 Å². The molecule has 2 unspecified atom stereocenters. The fourth-order valence-electron chi connectivity index (χ4n) is 3.62. The van der Waals surface area contributed by atoms with E-state index in [1.54, 1.807) is 45.0 Å². The molecule has 170 valence electrons. The summed E-state index contributed by atoms with van der Waals surface area (Å²) >= 11 is 0. The molecule has 0 spiro atoms. The zero-order valence-corrected chi connectivity index (χ0v) is 18.7. The van der Waals surface area contributed by atoms with Gasteiger partial charge in [0.25, 0.3) is 5.91 Å². The van der Waals surface area contributed by atoms with Crippen LogP contribution in [0.5, 0.6) is 0 Å². The van der Waals surface area contributed by atoms with Crippen molar-refractivity contribution >= 4 is 18.0 Å². The quantitative estimate of drug-likeness (QED) is 0.690. The first kappa shape index (κ1) is 23.3. The monoisotopic (exact) mass is 438 g/mol. The molecule has 0 radical (unpaired) electrons. The predicted molar refractivity (Wildman–Crippen MR) is 120 cm³/mol. The number of ether oxygens (including phenoxy) is 2. The zero-order valence-electron chi connectivity index (χ0n) is 18.7. The van der Waals surface area contributed by atoms with Crippen LogP contribution in [0.3, 0.4) is 0 Å². The first-order valence-electron chi connectivity index (χ1n) is 10.8. The van der Waals surface area contributed by atoms with Crippen LogP contribution < -0.4 is 5.32 Å². The molecule has 1 saturated heterocycles. The van der Waals surface area contributed by atoms with E-state index in [2.05, 4.69) is 5.32 Å². The van der Waals surface area contributed by atoms with Gasteiger partial charge in [-0.15, -0.1) is 0 Å². The van der Waals surface area contributed by atoms with E-state index in [-0.39, 0.29) is 12.5 Å². The number of amides is 2. The molecule has 32 heavy (non-hydrogen) atoms. The van der Waals surface area contributed by atoms with Crippen molar-refractivity contribution in [3.63, 3.8) is 0 Å². The van der Waals surface area contributed by atoms with Crippen molar-refractivity contribution in [3.8, 4) is 0 Å². The summed E-state index contributed by atoms with van der Waals surface area (Å²) in [4.78, 5) is 40.2. The Kier molecular flexibility index (Phi) is 7.51. The second-order valence-corrected chi connectivity index (χ2v) is 8.77. The second-order valence-electron chi connectivity index (χ2n) is 8.77. The SMILES string of the molecule is CC(C)(C)OC(=O)NC(C(=O)N1CCCC1C(=O)OCc1ccccc1)c1ccccc1. The van der Waals surface area contributed by atoms with Gasteiger partial charge in [0.2, 0.25) is 0 Å². The molecule has 2 aromatic carbocycles. The summed E-state index contributed by atoms with van der Waals surface area (Å²) in [6.45, 7) is 5.83. The summed E-state index contributed by atoms with van der Waals surface area (Å²) in [5.74, 6) is -0.801. The molecule has 2 atom stereocenters. The average Bonchev–Trinajstić information content (AvgIpc) is 3.25. The lowest BCUT2D eigenvalue weighted by atomic mass is 10.1. The highest BCUT2D eigenvalue weighted by Gasteiger charge is 2.39. The molecule has 1 heterocycles. The van der Waals surface area contributed by atoms with Crippen LogP contribution in [-0.2, 0) is 25.7 Å². The third-order valence-electron chi connectivity index (χ3n) is 5.07. The van der Waals surface area contributed by atoms with E-state index >= 15 is 0 Å². The van der Waals surface area contributed by atoms with Crippen LogP contribution in [0.2, 0.25) is 0 Å². The van der Waals surface area contributed by atoms with Crippen molar-refractivity contribution in [1.29, 1.82) is 0 Å². The first-order valence-corrected chi connectivity index (χ1v) is 10.8. The molecule has 1 fully saturated rings. The highest BCUT2D eigenvalue weighted by molar-refractivity contribution is 5.91. The Hall–Kier alpha value is -3.35. The van der Waals surface area contributed by atoms with Crippen molar-refractivity contribution in [3.05, 3.63) is 71.8 Å². The predicted octanol–water partition coefficient (Wildman–Crippen LogP) is 3.99.